The van der Waals surface area contributed by atoms with E-state index in [4.69, 9.17) is 0 Å². The van der Waals surface area contributed by atoms with E-state index in [1.165, 1.54) is 12.8 Å². The van der Waals surface area contributed by atoms with Crippen molar-refractivity contribution in [2.24, 2.45) is 11.8 Å². The Balaban J connectivity index is 0.00000139. The predicted molar refractivity (Wildman–Crippen MR) is 99.6 cm³/mol. The highest BCUT2D eigenvalue weighted by molar-refractivity contribution is 5.96. The van der Waals surface area contributed by atoms with Gasteiger partial charge in [-0.15, -0.1) is 0 Å². The van der Waals surface area contributed by atoms with Crippen LogP contribution in [0, 0.1) is 11.8 Å². The maximum absolute atomic E-state index is 12.7. The Kier molecular flexibility index (Phi) is 8.23. The largest absolute Gasteiger partial charge is 0.339 e. The van der Waals surface area contributed by atoms with Crippen molar-refractivity contribution in [2.45, 2.75) is 60.4 Å². The molecule has 1 saturated heterocycles. The highest BCUT2D eigenvalue weighted by Gasteiger charge is 2.31. The van der Waals surface area contributed by atoms with E-state index in [0.29, 0.717) is 25.6 Å². The molecule has 0 N–H and O–H groups in total. The second-order valence-electron chi connectivity index (χ2n) is 6.73. The molecular formula is C20H34N2O2. The van der Waals surface area contributed by atoms with Gasteiger partial charge in [-0.25, -0.2) is 0 Å². The highest BCUT2D eigenvalue weighted by Crippen LogP contribution is 2.30. The molecule has 1 aliphatic carbocycles. The van der Waals surface area contributed by atoms with Crippen LogP contribution in [-0.4, -0.2) is 47.3 Å². The Hall–Kier alpha value is -1.58. The number of allylic oxidation sites excluding steroid dienone is 2. The van der Waals surface area contributed by atoms with Gasteiger partial charge in [-0.3, -0.25) is 9.59 Å². The molecule has 1 atom stereocenters. The maximum Gasteiger partial charge on any atom is 0.253 e. The van der Waals surface area contributed by atoms with E-state index in [9.17, 15) is 9.59 Å². The predicted octanol–water partition coefficient (Wildman–Crippen LogP) is 3.64. The third-order valence-electron chi connectivity index (χ3n) is 4.42. The lowest BCUT2D eigenvalue weighted by molar-refractivity contribution is -0.142. The summed E-state index contributed by atoms with van der Waals surface area (Å²) < 4.78 is 0. The molecule has 24 heavy (non-hydrogen) atoms. The monoisotopic (exact) mass is 334 g/mol. The Bertz CT molecular complexity index is 490. The lowest BCUT2D eigenvalue weighted by Crippen LogP contribution is -2.56. The van der Waals surface area contributed by atoms with Gasteiger partial charge in [-0.05, 0) is 32.6 Å². The smallest absolute Gasteiger partial charge is 0.253 e. The average molecular weight is 335 g/mol. The van der Waals surface area contributed by atoms with Crippen LogP contribution in [0.1, 0.15) is 54.4 Å². The molecule has 4 nitrogen and oxygen atoms in total. The van der Waals surface area contributed by atoms with Gasteiger partial charge >= 0.3 is 0 Å². The minimum atomic E-state index is 0.0158. The Labute approximate surface area is 147 Å². The molecule has 2 fully saturated rings. The van der Waals surface area contributed by atoms with Gasteiger partial charge in [0.2, 0.25) is 5.91 Å². The lowest BCUT2D eigenvalue weighted by atomic mass is 10.1. The molecule has 0 aromatic carbocycles. The van der Waals surface area contributed by atoms with Crippen LogP contribution in [0.3, 0.4) is 0 Å². The summed E-state index contributed by atoms with van der Waals surface area (Å²) in [4.78, 5) is 28.6. The fourth-order valence-corrected chi connectivity index (χ4v) is 2.81. The molecule has 2 rings (SSSR count). The molecule has 136 valence electrons. The van der Waals surface area contributed by atoms with Gasteiger partial charge in [0, 0.05) is 37.2 Å². The summed E-state index contributed by atoms with van der Waals surface area (Å²) in [7, 11) is 0. The van der Waals surface area contributed by atoms with Gasteiger partial charge in [0.1, 0.15) is 0 Å². The normalized spacial score (nSPS) is 21.8. The fraction of sp³-hybridized carbons (Fsp3) is 0.700. The van der Waals surface area contributed by atoms with Gasteiger partial charge in [0.25, 0.3) is 5.91 Å². The summed E-state index contributed by atoms with van der Waals surface area (Å²) in [5, 5.41) is 0. The number of carbonyl (C=O) groups excluding carboxylic acids is 2. The third kappa shape index (κ3) is 5.50. The standard InChI is InChI=1S/C18H28N2O2.C2H6/c1-5-16(9-8-15-6-7-15)18(22)20-11-10-19(12-14(20)4)17(21)13(2)3;1-2/h5,8-9,13-15H,6-7,10-12H2,1-4H3;1-2H3/b9-8-,16-5+;. The molecule has 0 bridgehead atoms. The molecule has 0 aromatic rings. The number of amides is 2. The van der Waals surface area contributed by atoms with Gasteiger partial charge in [-0.1, -0.05) is 45.9 Å². The second kappa shape index (κ2) is 9.65. The quantitative estimate of drug-likeness (QED) is 0.582. The summed E-state index contributed by atoms with van der Waals surface area (Å²) in [5.41, 5.74) is 0.766. The fourth-order valence-electron chi connectivity index (χ4n) is 2.81. The zero-order valence-corrected chi connectivity index (χ0v) is 16.2. The van der Waals surface area contributed by atoms with Gasteiger partial charge < -0.3 is 9.80 Å². The van der Waals surface area contributed by atoms with E-state index in [2.05, 4.69) is 6.08 Å². The highest BCUT2D eigenvalue weighted by atomic mass is 16.2. The summed E-state index contributed by atoms with van der Waals surface area (Å²) in [6.45, 7) is 13.7. The molecule has 1 unspecified atom stereocenters. The van der Waals surface area contributed by atoms with Crippen molar-refractivity contribution in [1.82, 2.24) is 9.80 Å². The summed E-state index contributed by atoms with van der Waals surface area (Å²) in [6, 6.07) is 0.0632. The lowest BCUT2D eigenvalue weighted by Gasteiger charge is -2.40. The topological polar surface area (TPSA) is 40.6 Å². The number of rotatable bonds is 4. The van der Waals surface area contributed by atoms with E-state index in [-0.39, 0.29) is 23.8 Å². The van der Waals surface area contributed by atoms with Crippen molar-refractivity contribution >= 4 is 11.8 Å². The van der Waals surface area contributed by atoms with Crippen molar-refractivity contribution < 1.29 is 9.59 Å². The third-order valence-corrected chi connectivity index (χ3v) is 4.42. The van der Waals surface area contributed by atoms with Crippen LogP contribution in [0.15, 0.2) is 23.8 Å². The maximum atomic E-state index is 12.7. The van der Waals surface area contributed by atoms with Gasteiger partial charge in [0.05, 0.1) is 0 Å². The number of carbonyl (C=O) groups is 2. The van der Waals surface area contributed by atoms with Gasteiger partial charge in [0.15, 0.2) is 0 Å². The van der Waals surface area contributed by atoms with E-state index in [0.717, 1.165) is 5.57 Å². The Morgan fingerprint density at radius 1 is 1.12 bits per heavy atom. The first-order valence-corrected chi connectivity index (χ1v) is 9.38. The summed E-state index contributed by atoms with van der Waals surface area (Å²) in [5.74, 6) is 0.949. The van der Waals surface area contributed by atoms with Gasteiger partial charge in [-0.2, -0.15) is 0 Å². The van der Waals surface area contributed by atoms with E-state index in [1.54, 1.807) is 0 Å². The molecule has 0 aromatic heterocycles. The zero-order valence-electron chi connectivity index (χ0n) is 16.2. The molecule has 2 amide bonds. The number of nitrogens with zero attached hydrogens (tertiary/aromatic N) is 2. The summed E-state index contributed by atoms with van der Waals surface area (Å²) in [6.07, 6.45) is 8.50. The second-order valence-corrected chi connectivity index (χ2v) is 6.73. The average Bonchev–Trinajstić information content (AvgIpc) is 3.40. The Morgan fingerprint density at radius 2 is 1.75 bits per heavy atom. The minimum Gasteiger partial charge on any atom is -0.339 e. The first-order valence-electron chi connectivity index (χ1n) is 9.38. The number of hydrogen-bond acceptors (Lipinski definition) is 2. The van der Waals surface area contributed by atoms with Crippen LogP contribution >= 0.6 is 0 Å². The first kappa shape index (κ1) is 20.5. The van der Waals surface area contributed by atoms with Crippen LogP contribution in [0.4, 0.5) is 0 Å². The summed E-state index contributed by atoms with van der Waals surface area (Å²) >= 11 is 0. The minimum absolute atomic E-state index is 0.0158. The number of piperazine rings is 1. The molecule has 0 spiro atoms. The first-order chi connectivity index (χ1) is 11.4. The SMILES string of the molecule is C/C=C(\C=C/C1CC1)C(=O)N1CCN(C(=O)C(C)C)CC1C.CC. The van der Waals surface area contributed by atoms with E-state index < -0.39 is 0 Å². The number of hydrogen-bond donors (Lipinski definition) is 0. The molecule has 1 aliphatic heterocycles. The molecule has 0 radical (unpaired) electrons. The van der Waals surface area contributed by atoms with Crippen LogP contribution in [0.5, 0.6) is 0 Å². The zero-order chi connectivity index (χ0) is 18.3. The van der Waals surface area contributed by atoms with Crippen LogP contribution in [-0.2, 0) is 9.59 Å². The van der Waals surface area contributed by atoms with Crippen LogP contribution in [0.2, 0.25) is 0 Å². The van der Waals surface area contributed by atoms with E-state index >= 15 is 0 Å². The molecule has 4 heteroatoms. The van der Waals surface area contributed by atoms with Crippen molar-refractivity contribution in [3.05, 3.63) is 23.8 Å². The van der Waals surface area contributed by atoms with E-state index in [1.807, 2.05) is 63.5 Å². The Morgan fingerprint density at radius 3 is 2.21 bits per heavy atom. The molecule has 2 aliphatic rings. The van der Waals surface area contributed by atoms with Crippen LogP contribution in [0.25, 0.3) is 0 Å². The van der Waals surface area contributed by atoms with Crippen molar-refractivity contribution in [3.8, 4) is 0 Å². The van der Waals surface area contributed by atoms with Crippen molar-refractivity contribution in [2.75, 3.05) is 19.6 Å². The molecular weight excluding hydrogens is 300 g/mol. The van der Waals surface area contributed by atoms with Crippen molar-refractivity contribution in [3.63, 3.8) is 0 Å². The molecule has 1 heterocycles. The molecule has 1 saturated carbocycles. The van der Waals surface area contributed by atoms with Crippen LogP contribution < -0.4 is 0 Å². The van der Waals surface area contributed by atoms with Crippen molar-refractivity contribution in [1.29, 1.82) is 0 Å².